The second-order valence-electron chi connectivity index (χ2n) is 5.93. The van der Waals surface area contributed by atoms with E-state index in [-0.39, 0.29) is 5.70 Å². The van der Waals surface area contributed by atoms with Crippen LogP contribution in [0.15, 0.2) is 78.5 Å². The van der Waals surface area contributed by atoms with Crippen molar-refractivity contribution < 1.29 is 14.7 Å². The lowest BCUT2D eigenvalue weighted by atomic mass is 10.0. The molecular formula is C22H15Cl2NO3. The summed E-state index contributed by atoms with van der Waals surface area (Å²) in [7, 11) is 0. The highest BCUT2D eigenvalue weighted by atomic mass is 35.5. The summed E-state index contributed by atoms with van der Waals surface area (Å²) in [6.45, 7) is 0. The predicted molar refractivity (Wildman–Crippen MR) is 111 cm³/mol. The summed E-state index contributed by atoms with van der Waals surface area (Å²) in [5, 5.41) is 12.9. The Balaban J connectivity index is 1.91. The van der Waals surface area contributed by atoms with Crippen molar-refractivity contribution in [1.29, 1.82) is 0 Å². The second-order valence-corrected chi connectivity index (χ2v) is 6.78. The molecule has 0 fully saturated rings. The van der Waals surface area contributed by atoms with E-state index in [0.717, 1.165) is 11.1 Å². The third kappa shape index (κ3) is 4.80. The Hall–Kier alpha value is -3.08. The molecule has 0 aliphatic carbocycles. The Labute approximate surface area is 172 Å². The third-order valence-electron chi connectivity index (χ3n) is 3.95. The SMILES string of the molecule is O=C(O)C(=Cc1cccc(-c2ccc(Cl)cc2Cl)c1)NC(=O)c1ccccc1. The van der Waals surface area contributed by atoms with Crippen molar-refractivity contribution in [2.45, 2.75) is 0 Å². The van der Waals surface area contributed by atoms with Crippen molar-refractivity contribution >= 4 is 41.2 Å². The molecule has 0 saturated carbocycles. The topological polar surface area (TPSA) is 66.4 Å². The molecule has 1 amide bonds. The van der Waals surface area contributed by atoms with Gasteiger partial charge in [0, 0.05) is 21.2 Å². The number of rotatable bonds is 5. The molecular weight excluding hydrogens is 397 g/mol. The molecule has 3 rings (SSSR count). The summed E-state index contributed by atoms with van der Waals surface area (Å²) in [5.74, 6) is -1.73. The largest absolute Gasteiger partial charge is 0.477 e. The molecule has 0 heterocycles. The first kappa shape index (κ1) is 19.7. The van der Waals surface area contributed by atoms with Crippen LogP contribution in [0.2, 0.25) is 10.0 Å². The van der Waals surface area contributed by atoms with E-state index >= 15 is 0 Å². The lowest BCUT2D eigenvalue weighted by molar-refractivity contribution is -0.132. The number of carboxylic acids is 1. The number of carbonyl (C=O) groups is 2. The van der Waals surface area contributed by atoms with Crippen LogP contribution < -0.4 is 5.32 Å². The van der Waals surface area contributed by atoms with Crippen LogP contribution in [0.5, 0.6) is 0 Å². The second kappa shape index (κ2) is 8.74. The molecule has 6 heteroatoms. The number of hydrogen-bond acceptors (Lipinski definition) is 2. The van der Waals surface area contributed by atoms with E-state index in [1.54, 1.807) is 66.7 Å². The standard InChI is InChI=1S/C22H15Cl2NO3/c23-17-9-10-18(19(24)13-17)16-8-4-5-14(11-16)12-20(22(27)28)25-21(26)15-6-2-1-3-7-15/h1-13H,(H,25,26)(H,27,28). The van der Waals surface area contributed by atoms with Gasteiger partial charge in [0.25, 0.3) is 5.91 Å². The number of nitrogens with one attached hydrogen (secondary N) is 1. The number of carboxylic acid groups (broad SMARTS) is 1. The fourth-order valence-electron chi connectivity index (χ4n) is 2.62. The monoisotopic (exact) mass is 411 g/mol. The van der Waals surface area contributed by atoms with Crippen LogP contribution in [0.1, 0.15) is 15.9 Å². The highest BCUT2D eigenvalue weighted by molar-refractivity contribution is 6.36. The summed E-state index contributed by atoms with van der Waals surface area (Å²) >= 11 is 12.2. The minimum absolute atomic E-state index is 0.229. The Morgan fingerprint density at radius 1 is 0.893 bits per heavy atom. The van der Waals surface area contributed by atoms with Gasteiger partial charge in [-0.1, -0.05) is 65.7 Å². The number of amides is 1. The highest BCUT2D eigenvalue weighted by Crippen LogP contribution is 2.31. The van der Waals surface area contributed by atoms with Crippen LogP contribution in [0.4, 0.5) is 0 Å². The van der Waals surface area contributed by atoms with Gasteiger partial charge in [0.2, 0.25) is 0 Å². The lowest BCUT2D eigenvalue weighted by Crippen LogP contribution is -2.27. The van der Waals surface area contributed by atoms with E-state index in [4.69, 9.17) is 23.2 Å². The number of halogens is 2. The molecule has 0 unspecified atom stereocenters. The van der Waals surface area contributed by atoms with E-state index in [0.29, 0.717) is 21.2 Å². The maximum atomic E-state index is 12.3. The van der Waals surface area contributed by atoms with Gasteiger partial charge in [0.05, 0.1) is 0 Å². The van der Waals surface area contributed by atoms with Crippen LogP contribution in [0.25, 0.3) is 17.2 Å². The maximum absolute atomic E-state index is 12.3. The van der Waals surface area contributed by atoms with Crippen molar-refractivity contribution in [3.8, 4) is 11.1 Å². The van der Waals surface area contributed by atoms with Gasteiger partial charge >= 0.3 is 5.97 Å². The van der Waals surface area contributed by atoms with Crippen molar-refractivity contribution in [2.24, 2.45) is 0 Å². The van der Waals surface area contributed by atoms with Crippen LogP contribution in [0.3, 0.4) is 0 Å². The average molecular weight is 412 g/mol. The number of carbonyl (C=O) groups excluding carboxylic acids is 1. The van der Waals surface area contributed by atoms with E-state index in [1.807, 2.05) is 6.07 Å². The normalized spacial score (nSPS) is 11.1. The summed E-state index contributed by atoms with van der Waals surface area (Å²) in [6.07, 6.45) is 1.40. The van der Waals surface area contributed by atoms with E-state index < -0.39 is 11.9 Å². The van der Waals surface area contributed by atoms with E-state index in [9.17, 15) is 14.7 Å². The first-order chi connectivity index (χ1) is 13.4. The van der Waals surface area contributed by atoms with Gasteiger partial charge in [-0.25, -0.2) is 4.79 Å². The maximum Gasteiger partial charge on any atom is 0.352 e. The predicted octanol–water partition coefficient (Wildman–Crippen LogP) is 5.52. The van der Waals surface area contributed by atoms with Gasteiger partial charge in [-0.15, -0.1) is 0 Å². The average Bonchev–Trinajstić information content (AvgIpc) is 2.68. The fourth-order valence-corrected chi connectivity index (χ4v) is 3.14. The van der Waals surface area contributed by atoms with Gasteiger partial charge < -0.3 is 10.4 Å². The van der Waals surface area contributed by atoms with Crippen molar-refractivity contribution in [1.82, 2.24) is 5.32 Å². The highest BCUT2D eigenvalue weighted by Gasteiger charge is 2.13. The molecule has 0 bridgehead atoms. The molecule has 0 radical (unpaired) electrons. The zero-order chi connectivity index (χ0) is 20.1. The van der Waals surface area contributed by atoms with Crippen LogP contribution in [-0.2, 0) is 4.79 Å². The molecule has 0 aliphatic heterocycles. The molecule has 0 saturated heterocycles. The first-order valence-corrected chi connectivity index (χ1v) is 9.06. The minimum Gasteiger partial charge on any atom is -0.477 e. The van der Waals surface area contributed by atoms with Gasteiger partial charge in [0.1, 0.15) is 5.70 Å². The van der Waals surface area contributed by atoms with Crippen molar-refractivity contribution in [3.05, 3.63) is 99.7 Å². The lowest BCUT2D eigenvalue weighted by Gasteiger charge is -2.08. The molecule has 3 aromatic carbocycles. The Bertz CT molecular complexity index is 1060. The molecule has 0 spiro atoms. The molecule has 2 N–H and O–H groups in total. The van der Waals surface area contributed by atoms with Gasteiger partial charge in [-0.05, 0) is 47.5 Å². The van der Waals surface area contributed by atoms with Gasteiger partial charge in [-0.3, -0.25) is 4.79 Å². The van der Waals surface area contributed by atoms with E-state index in [2.05, 4.69) is 5.32 Å². The molecule has 0 atom stereocenters. The van der Waals surface area contributed by atoms with Crippen LogP contribution in [0, 0.1) is 0 Å². The van der Waals surface area contributed by atoms with E-state index in [1.165, 1.54) is 6.08 Å². The Morgan fingerprint density at radius 2 is 1.64 bits per heavy atom. The number of benzene rings is 3. The molecule has 4 nitrogen and oxygen atoms in total. The number of hydrogen-bond donors (Lipinski definition) is 2. The van der Waals surface area contributed by atoms with Crippen LogP contribution in [-0.4, -0.2) is 17.0 Å². The van der Waals surface area contributed by atoms with Crippen molar-refractivity contribution in [2.75, 3.05) is 0 Å². The zero-order valence-electron chi connectivity index (χ0n) is 14.5. The molecule has 140 valence electrons. The quantitative estimate of drug-likeness (QED) is 0.543. The van der Waals surface area contributed by atoms with Gasteiger partial charge in [0.15, 0.2) is 0 Å². The van der Waals surface area contributed by atoms with Crippen molar-refractivity contribution in [3.63, 3.8) is 0 Å². The Kier molecular flexibility index (Phi) is 6.14. The molecule has 0 aromatic heterocycles. The smallest absolute Gasteiger partial charge is 0.352 e. The number of aliphatic carboxylic acids is 1. The Morgan fingerprint density at radius 3 is 2.32 bits per heavy atom. The molecule has 28 heavy (non-hydrogen) atoms. The summed E-state index contributed by atoms with van der Waals surface area (Å²) in [4.78, 5) is 23.9. The summed E-state index contributed by atoms with van der Waals surface area (Å²) in [6, 6.07) is 20.7. The first-order valence-electron chi connectivity index (χ1n) is 8.31. The zero-order valence-corrected chi connectivity index (χ0v) is 16.0. The summed E-state index contributed by atoms with van der Waals surface area (Å²) < 4.78 is 0. The third-order valence-corrected chi connectivity index (χ3v) is 4.50. The summed E-state index contributed by atoms with van der Waals surface area (Å²) in [5.41, 5.74) is 2.32. The molecule has 0 aliphatic rings. The fraction of sp³-hybridized carbons (Fsp3) is 0. The van der Waals surface area contributed by atoms with Crippen LogP contribution >= 0.6 is 23.2 Å². The van der Waals surface area contributed by atoms with Gasteiger partial charge in [-0.2, -0.15) is 0 Å². The minimum atomic E-state index is -1.24. The molecule has 3 aromatic rings.